The van der Waals surface area contributed by atoms with Crippen molar-refractivity contribution >= 4 is 11.9 Å². The highest BCUT2D eigenvalue weighted by molar-refractivity contribution is 5.98. The summed E-state index contributed by atoms with van der Waals surface area (Å²) in [7, 11) is 0. The molecule has 0 atom stereocenters. The zero-order valence-electron chi connectivity index (χ0n) is 14.2. The van der Waals surface area contributed by atoms with Crippen LogP contribution in [0.2, 0.25) is 0 Å². The van der Waals surface area contributed by atoms with Gasteiger partial charge in [0.2, 0.25) is 0 Å². The molecule has 0 saturated heterocycles. The van der Waals surface area contributed by atoms with E-state index >= 15 is 0 Å². The van der Waals surface area contributed by atoms with Crippen LogP contribution in [-0.2, 0) is 11.4 Å². The average molecular weight is 357 g/mol. The molecule has 0 aromatic heterocycles. The first kappa shape index (κ1) is 17.9. The van der Waals surface area contributed by atoms with Gasteiger partial charge in [-0.15, -0.1) is 0 Å². The van der Waals surface area contributed by atoms with Gasteiger partial charge in [0.25, 0.3) is 5.91 Å². The van der Waals surface area contributed by atoms with Gasteiger partial charge in [-0.05, 0) is 48.7 Å². The Morgan fingerprint density at radius 2 is 1.85 bits per heavy atom. The van der Waals surface area contributed by atoms with E-state index in [1.165, 1.54) is 12.1 Å². The number of hydrogen-bond acceptors (Lipinski definition) is 3. The second-order valence-electron chi connectivity index (χ2n) is 6.49. The van der Waals surface area contributed by atoms with Gasteiger partial charge in [-0.2, -0.15) is 0 Å². The normalized spacial score (nSPS) is 15.4. The first-order valence-electron chi connectivity index (χ1n) is 8.52. The highest BCUT2D eigenvalue weighted by Gasteiger charge is 2.42. The van der Waals surface area contributed by atoms with Crippen LogP contribution in [0.1, 0.15) is 41.6 Å². The summed E-state index contributed by atoms with van der Waals surface area (Å²) < 4.78 is 18.8. The predicted octanol–water partition coefficient (Wildman–Crippen LogP) is 3.53. The SMILES string of the molecule is O=C(NC1(C(=O)O)CCCC1)c1cccc(OCc2cccc(F)c2)c1. The fraction of sp³-hybridized carbons (Fsp3) is 0.300. The number of aliphatic carboxylic acids is 1. The van der Waals surface area contributed by atoms with E-state index in [0.29, 0.717) is 29.7 Å². The van der Waals surface area contributed by atoms with Crippen LogP contribution in [0.15, 0.2) is 48.5 Å². The van der Waals surface area contributed by atoms with Crippen LogP contribution in [0.5, 0.6) is 5.75 Å². The number of halogens is 1. The second kappa shape index (κ2) is 7.56. The summed E-state index contributed by atoms with van der Waals surface area (Å²) in [5.41, 5.74) is -0.180. The zero-order valence-corrected chi connectivity index (χ0v) is 14.2. The highest BCUT2D eigenvalue weighted by Crippen LogP contribution is 2.30. The van der Waals surface area contributed by atoms with Gasteiger partial charge >= 0.3 is 5.97 Å². The van der Waals surface area contributed by atoms with E-state index in [2.05, 4.69) is 5.32 Å². The van der Waals surface area contributed by atoms with Crippen LogP contribution in [0.4, 0.5) is 4.39 Å². The molecule has 26 heavy (non-hydrogen) atoms. The van der Waals surface area contributed by atoms with Crippen LogP contribution < -0.4 is 10.1 Å². The Morgan fingerprint density at radius 1 is 1.12 bits per heavy atom. The first-order valence-corrected chi connectivity index (χ1v) is 8.52. The lowest BCUT2D eigenvalue weighted by atomic mass is 9.97. The van der Waals surface area contributed by atoms with E-state index in [9.17, 15) is 19.1 Å². The molecule has 5 nitrogen and oxygen atoms in total. The van der Waals surface area contributed by atoms with Crippen LogP contribution in [0.3, 0.4) is 0 Å². The standard InChI is InChI=1S/C20H20FNO4/c21-16-7-3-5-14(11-16)13-26-17-8-4-6-15(12-17)18(23)22-20(19(24)25)9-1-2-10-20/h3-8,11-12H,1-2,9-10,13H2,(H,22,23)(H,24,25). The Labute approximate surface area is 150 Å². The smallest absolute Gasteiger partial charge is 0.329 e. The minimum Gasteiger partial charge on any atom is -0.489 e. The number of rotatable bonds is 6. The number of carboxylic acids is 1. The van der Waals surface area contributed by atoms with Crippen molar-refractivity contribution in [3.8, 4) is 5.75 Å². The quantitative estimate of drug-likeness (QED) is 0.829. The van der Waals surface area contributed by atoms with E-state index in [0.717, 1.165) is 12.8 Å². The molecule has 2 aromatic rings. The molecule has 2 aromatic carbocycles. The zero-order chi connectivity index (χ0) is 18.6. The summed E-state index contributed by atoms with van der Waals surface area (Å²) in [4.78, 5) is 24.1. The highest BCUT2D eigenvalue weighted by atomic mass is 19.1. The predicted molar refractivity (Wildman–Crippen MR) is 93.5 cm³/mol. The molecule has 0 heterocycles. The Kier molecular flexibility index (Phi) is 5.21. The lowest BCUT2D eigenvalue weighted by Gasteiger charge is -2.25. The minimum atomic E-state index is -1.19. The van der Waals surface area contributed by atoms with Crippen molar-refractivity contribution in [3.05, 3.63) is 65.5 Å². The molecule has 6 heteroatoms. The Morgan fingerprint density at radius 3 is 2.54 bits per heavy atom. The first-order chi connectivity index (χ1) is 12.5. The molecule has 1 aliphatic rings. The Hall–Kier alpha value is -2.89. The Balaban J connectivity index is 1.68. The van der Waals surface area contributed by atoms with Crippen molar-refractivity contribution in [1.82, 2.24) is 5.32 Å². The maximum atomic E-state index is 13.2. The van der Waals surface area contributed by atoms with E-state index in [1.807, 2.05) is 0 Å². The molecule has 1 fully saturated rings. The van der Waals surface area contributed by atoms with Gasteiger partial charge in [0.05, 0.1) is 0 Å². The minimum absolute atomic E-state index is 0.169. The fourth-order valence-corrected chi connectivity index (χ4v) is 3.18. The maximum Gasteiger partial charge on any atom is 0.329 e. The molecule has 136 valence electrons. The maximum absolute atomic E-state index is 13.2. The van der Waals surface area contributed by atoms with Gasteiger partial charge in [-0.1, -0.05) is 31.0 Å². The molecule has 2 N–H and O–H groups in total. The summed E-state index contributed by atoms with van der Waals surface area (Å²) >= 11 is 0. The van der Waals surface area contributed by atoms with Gasteiger partial charge in [0, 0.05) is 5.56 Å². The van der Waals surface area contributed by atoms with Crippen molar-refractivity contribution in [2.24, 2.45) is 0 Å². The summed E-state index contributed by atoms with van der Waals surface area (Å²) in [5.74, 6) is -1.32. The summed E-state index contributed by atoms with van der Waals surface area (Å²) in [6.45, 7) is 0.169. The summed E-state index contributed by atoms with van der Waals surface area (Å²) in [5, 5.41) is 12.1. The molecular weight excluding hydrogens is 337 g/mol. The van der Waals surface area contributed by atoms with Crippen molar-refractivity contribution in [3.63, 3.8) is 0 Å². The van der Waals surface area contributed by atoms with Crippen LogP contribution in [0.25, 0.3) is 0 Å². The number of carboxylic acid groups (broad SMARTS) is 1. The topological polar surface area (TPSA) is 75.6 Å². The number of carbonyl (C=O) groups excluding carboxylic acids is 1. The number of nitrogens with one attached hydrogen (secondary N) is 1. The number of ether oxygens (including phenoxy) is 1. The summed E-state index contributed by atoms with van der Waals surface area (Å²) in [6, 6.07) is 12.6. The van der Waals surface area contributed by atoms with Gasteiger partial charge in [-0.25, -0.2) is 9.18 Å². The number of benzene rings is 2. The third-order valence-electron chi connectivity index (χ3n) is 4.61. The van der Waals surface area contributed by atoms with E-state index in [1.54, 1.807) is 36.4 Å². The van der Waals surface area contributed by atoms with Crippen molar-refractivity contribution < 1.29 is 23.8 Å². The largest absolute Gasteiger partial charge is 0.489 e. The molecule has 1 saturated carbocycles. The summed E-state index contributed by atoms with van der Waals surface area (Å²) in [6.07, 6.45) is 2.43. The lowest BCUT2D eigenvalue weighted by Crippen LogP contribution is -2.52. The van der Waals surface area contributed by atoms with E-state index in [4.69, 9.17) is 4.74 Å². The second-order valence-corrected chi connectivity index (χ2v) is 6.49. The van der Waals surface area contributed by atoms with E-state index < -0.39 is 17.4 Å². The monoisotopic (exact) mass is 357 g/mol. The van der Waals surface area contributed by atoms with Gasteiger partial charge in [-0.3, -0.25) is 4.79 Å². The molecule has 0 radical (unpaired) electrons. The third kappa shape index (κ3) is 4.02. The molecule has 0 spiro atoms. The lowest BCUT2D eigenvalue weighted by molar-refractivity contribution is -0.144. The van der Waals surface area contributed by atoms with Crippen LogP contribution in [0, 0.1) is 5.82 Å². The molecule has 1 aliphatic carbocycles. The number of hydrogen-bond donors (Lipinski definition) is 2. The molecule has 1 amide bonds. The molecule has 0 bridgehead atoms. The molecule has 0 unspecified atom stereocenters. The molecule has 0 aliphatic heterocycles. The van der Waals surface area contributed by atoms with Crippen LogP contribution >= 0.6 is 0 Å². The third-order valence-corrected chi connectivity index (χ3v) is 4.61. The number of carbonyl (C=O) groups is 2. The van der Waals surface area contributed by atoms with Gasteiger partial charge in [0.1, 0.15) is 23.7 Å². The van der Waals surface area contributed by atoms with Gasteiger partial charge < -0.3 is 15.2 Å². The Bertz CT molecular complexity index is 815. The van der Waals surface area contributed by atoms with Crippen molar-refractivity contribution in [2.75, 3.05) is 0 Å². The van der Waals surface area contributed by atoms with Crippen LogP contribution in [-0.4, -0.2) is 22.5 Å². The van der Waals surface area contributed by atoms with Gasteiger partial charge in [0.15, 0.2) is 0 Å². The van der Waals surface area contributed by atoms with E-state index in [-0.39, 0.29) is 12.4 Å². The average Bonchev–Trinajstić information content (AvgIpc) is 3.10. The number of amides is 1. The van der Waals surface area contributed by atoms with Crippen molar-refractivity contribution in [2.45, 2.75) is 37.8 Å². The fourth-order valence-electron chi connectivity index (χ4n) is 3.18. The van der Waals surface area contributed by atoms with Crippen molar-refractivity contribution in [1.29, 1.82) is 0 Å². The molecule has 3 rings (SSSR count). The molecular formula is C20H20FNO4.